The van der Waals surface area contributed by atoms with Crippen molar-refractivity contribution in [1.82, 2.24) is 0 Å². The number of carbonyl (C=O) groups is 2. The first kappa shape index (κ1) is 19.8. The van der Waals surface area contributed by atoms with Crippen LogP contribution >= 0.6 is 0 Å². The van der Waals surface area contributed by atoms with E-state index in [1.54, 1.807) is 0 Å². The van der Waals surface area contributed by atoms with Crippen LogP contribution in [0.4, 0.5) is 0 Å². The van der Waals surface area contributed by atoms with Crippen LogP contribution in [0.2, 0.25) is 0 Å². The van der Waals surface area contributed by atoms with Crippen molar-refractivity contribution in [1.29, 1.82) is 0 Å². The minimum atomic E-state index is -0.0505. The molecule has 162 valence electrons. The Morgan fingerprint density at radius 3 is 2.72 bits per heavy atom. The minimum absolute atomic E-state index is 0.0106. The van der Waals surface area contributed by atoms with Gasteiger partial charge in [0.25, 0.3) is 0 Å². The Morgan fingerprint density at radius 1 is 1.28 bits per heavy atom. The van der Waals surface area contributed by atoms with Crippen molar-refractivity contribution in [2.75, 3.05) is 32.8 Å². The number of likely N-dealkylation sites (tertiary alicyclic amines) is 1. The van der Waals surface area contributed by atoms with E-state index in [9.17, 15) is 9.59 Å². The number of esters is 2. The van der Waals surface area contributed by atoms with E-state index in [2.05, 4.69) is 6.92 Å². The Balaban J connectivity index is 1.23. The summed E-state index contributed by atoms with van der Waals surface area (Å²) >= 11 is 0. The van der Waals surface area contributed by atoms with E-state index in [1.807, 2.05) is 6.92 Å². The summed E-state index contributed by atoms with van der Waals surface area (Å²) in [5.74, 6) is 0.933. The van der Waals surface area contributed by atoms with Gasteiger partial charge in [-0.15, -0.1) is 0 Å². The lowest BCUT2D eigenvalue weighted by Gasteiger charge is -2.51. The van der Waals surface area contributed by atoms with Crippen molar-refractivity contribution in [3.63, 3.8) is 0 Å². The number of ether oxygens (including phenoxy) is 3. The predicted molar refractivity (Wildman–Crippen MR) is 105 cm³/mol. The van der Waals surface area contributed by atoms with Gasteiger partial charge in [0.2, 0.25) is 0 Å². The second-order valence-electron chi connectivity index (χ2n) is 10.6. The molecule has 5 fully saturated rings. The fourth-order valence-corrected chi connectivity index (χ4v) is 7.23. The van der Waals surface area contributed by atoms with Gasteiger partial charge in [0.1, 0.15) is 12.0 Å². The molecule has 1 N–H and O–H groups in total. The van der Waals surface area contributed by atoms with Gasteiger partial charge in [-0.2, -0.15) is 0 Å². The molecule has 5 rings (SSSR count). The highest BCUT2D eigenvalue weighted by Crippen LogP contribution is 2.62. The molecule has 0 unspecified atom stereocenters. The largest absolute Gasteiger partial charge is 0.466 e. The predicted octanol–water partition coefficient (Wildman–Crippen LogP) is 1.37. The summed E-state index contributed by atoms with van der Waals surface area (Å²) in [6, 6.07) is 0. The smallest absolute Gasteiger partial charge is 0.315 e. The summed E-state index contributed by atoms with van der Waals surface area (Å²) in [6.07, 6.45) is 7.58. The third kappa shape index (κ3) is 3.40. The van der Waals surface area contributed by atoms with E-state index in [-0.39, 0.29) is 40.9 Å². The fraction of sp³-hybridized carbons (Fsp3) is 0.913. The molecule has 2 saturated carbocycles. The summed E-state index contributed by atoms with van der Waals surface area (Å²) in [7, 11) is 0. The van der Waals surface area contributed by atoms with E-state index in [1.165, 1.54) is 24.2 Å². The molecule has 0 bridgehead atoms. The Hall–Kier alpha value is -1.14. The summed E-state index contributed by atoms with van der Waals surface area (Å²) in [5, 5.41) is 0. The van der Waals surface area contributed by atoms with Crippen LogP contribution in [0.25, 0.3) is 0 Å². The SMILES string of the molecule is CCOC(=O)C1CC[NH+](C[C@H]2C(=O)O[C@@H]3C[C@@]4(C)CCC[C@@]5(CO5)[C@H]4C[C@@H]32)CC1. The molecule has 6 nitrogen and oxygen atoms in total. The van der Waals surface area contributed by atoms with Gasteiger partial charge in [0, 0.05) is 18.8 Å². The van der Waals surface area contributed by atoms with E-state index < -0.39 is 0 Å². The minimum Gasteiger partial charge on any atom is -0.466 e. The molecular weight excluding hydrogens is 370 g/mol. The first-order chi connectivity index (χ1) is 13.9. The molecule has 1 spiro atoms. The van der Waals surface area contributed by atoms with Gasteiger partial charge in [-0.1, -0.05) is 6.92 Å². The third-order valence-corrected chi connectivity index (χ3v) is 8.90. The zero-order valence-corrected chi connectivity index (χ0v) is 17.9. The maximum absolute atomic E-state index is 12.8. The van der Waals surface area contributed by atoms with Crippen LogP contribution in [0.15, 0.2) is 0 Å². The summed E-state index contributed by atoms with van der Waals surface area (Å²) in [6.45, 7) is 8.37. The summed E-state index contributed by atoms with van der Waals surface area (Å²) < 4.78 is 17.1. The molecule has 6 heteroatoms. The monoisotopic (exact) mass is 406 g/mol. The number of hydrogen-bond donors (Lipinski definition) is 1. The van der Waals surface area contributed by atoms with Crippen LogP contribution < -0.4 is 4.90 Å². The van der Waals surface area contributed by atoms with Crippen LogP contribution in [0.1, 0.15) is 58.8 Å². The lowest BCUT2D eigenvalue weighted by atomic mass is 9.53. The van der Waals surface area contributed by atoms with Crippen molar-refractivity contribution in [2.24, 2.45) is 29.1 Å². The molecule has 3 aliphatic heterocycles. The molecule has 29 heavy (non-hydrogen) atoms. The van der Waals surface area contributed by atoms with Crippen molar-refractivity contribution < 1.29 is 28.7 Å². The van der Waals surface area contributed by atoms with Gasteiger partial charge in [0.05, 0.1) is 44.4 Å². The van der Waals surface area contributed by atoms with Crippen LogP contribution in [0.3, 0.4) is 0 Å². The molecule has 3 saturated heterocycles. The Bertz CT molecular complexity index is 668. The maximum atomic E-state index is 12.8. The molecule has 0 amide bonds. The van der Waals surface area contributed by atoms with Gasteiger partial charge >= 0.3 is 11.9 Å². The van der Waals surface area contributed by atoms with E-state index in [4.69, 9.17) is 14.2 Å². The highest BCUT2D eigenvalue weighted by atomic mass is 16.6. The van der Waals surface area contributed by atoms with Crippen molar-refractivity contribution in [2.45, 2.75) is 70.5 Å². The second kappa shape index (κ2) is 7.23. The number of quaternary nitrogens is 1. The molecule has 0 aromatic rings. The van der Waals surface area contributed by atoms with Crippen LogP contribution in [-0.2, 0) is 23.8 Å². The van der Waals surface area contributed by atoms with Gasteiger partial charge < -0.3 is 19.1 Å². The average molecular weight is 407 g/mol. The zero-order valence-electron chi connectivity index (χ0n) is 17.9. The topological polar surface area (TPSA) is 69.6 Å². The van der Waals surface area contributed by atoms with Crippen molar-refractivity contribution >= 4 is 11.9 Å². The Labute approximate surface area is 173 Å². The molecule has 5 aliphatic rings. The van der Waals surface area contributed by atoms with E-state index >= 15 is 0 Å². The first-order valence-electron chi connectivity index (χ1n) is 11.8. The Morgan fingerprint density at radius 2 is 2.03 bits per heavy atom. The van der Waals surface area contributed by atoms with Gasteiger partial charge in [-0.25, -0.2) is 0 Å². The molecule has 2 aliphatic carbocycles. The number of carbonyl (C=O) groups excluding carboxylic acids is 2. The van der Waals surface area contributed by atoms with E-state index in [0.29, 0.717) is 18.4 Å². The van der Waals surface area contributed by atoms with Crippen LogP contribution in [-0.4, -0.2) is 56.5 Å². The molecule has 0 aromatic carbocycles. The first-order valence-corrected chi connectivity index (χ1v) is 11.8. The molecule has 0 aromatic heterocycles. The van der Waals surface area contributed by atoms with Crippen molar-refractivity contribution in [3.8, 4) is 0 Å². The normalized spacial score (nSPS) is 48.6. The number of rotatable bonds is 4. The average Bonchev–Trinajstić information content (AvgIpc) is 3.40. The standard InChI is InChI=1S/C23H35NO5/c1-3-27-20(25)15-5-9-24(10-6-15)13-17-16-11-19-22(2,12-18(16)29-21(17)26)7-4-8-23(19)14-28-23/h15-19H,3-14H2,1-2H3/p+1/t16-,17-,18-,19+,22-,23-/m1/s1. The second-order valence-corrected chi connectivity index (χ2v) is 10.6. The number of epoxide rings is 1. The number of nitrogens with one attached hydrogen (secondary N) is 1. The third-order valence-electron chi connectivity index (χ3n) is 8.90. The quantitative estimate of drug-likeness (QED) is 0.564. The molecule has 6 atom stereocenters. The van der Waals surface area contributed by atoms with Crippen LogP contribution in [0.5, 0.6) is 0 Å². The fourth-order valence-electron chi connectivity index (χ4n) is 7.23. The maximum Gasteiger partial charge on any atom is 0.315 e. The van der Waals surface area contributed by atoms with Gasteiger partial charge in [0.15, 0.2) is 0 Å². The van der Waals surface area contributed by atoms with Crippen LogP contribution in [0, 0.1) is 29.1 Å². The number of hydrogen-bond acceptors (Lipinski definition) is 5. The molecule has 3 heterocycles. The lowest BCUT2D eigenvalue weighted by molar-refractivity contribution is -0.908. The number of piperidine rings is 1. The van der Waals surface area contributed by atoms with Gasteiger partial charge in [-0.05, 0) is 50.4 Å². The zero-order chi connectivity index (χ0) is 20.2. The van der Waals surface area contributed by atoms with Crippen molar-refractivity contribution in [3.05, 3.63) is 0 Å². The highest BCUT2D eigenvalue weighted by Gasteiger charge is 2.65. The molecular formula is C23H36NO5+. The number of fused-ring (bicyclic) bond motifs is 3. The summed E-state index contributed by atoms with van der Waals surface area (Å²) in [4.78, 5) is 26.3. The lowest BCUT2D eigenvalue weighted by Crippen LogP contribution is -3.14. The van der Waals surface area contributed by atoms with Gasteiger partial charge in [-0.3, -0.25) is 9.59 Å². The Kier molecular flexibility index (Phi) is 4.93. The van der Waals surface area contributed by atoms with E-state index in [0.717, 1.165) is 51.9 Å². The summed E-state index contributed by atoms with van der Waals surface area (Å²) in [5.41, 5.74) is 0.370. The highest BCUT2D eigenvalue weighted by molar-refractivity contribution is 5.75. The molecule has 0 radical (unpaired) electrons.